The highest BCUT2D eigenvalue weighted by atomic mass is 33.1. The van der Waals surface area contributed by atoms with E-state index in [2.05, 4.69) is 53.2 Å². The second-order valence-corrected chi connectivity index (χ2v) is 20.2. The van der Waals surface area contributed by atoms with Crippen LogP contribution in [0.3, 0.4) is 0 Å². The number of thioether (sulfide) groups is 1. The monoisotopic (exact) mass is 1040 g/mol. The molecule has 23 nitrogen and oxygen atoms in total. The van der Waals surface area contributed by atoms with Gasteiger partial charge in [-0.2, -0.15) is 11.8 Å². The fourth-order valence-electron chi connectivity index (χ4n) is 7.04. The molecule has 0 saturated carbocycles. The quantitative estimate of drug-likeness (QED) is 0.0374. The highest BCUT2D eigenvalue weighted by molar-refractivity contribution is 8.76. The summed E-state index contributed by atoms with van der Waals surface area (Å²) in [6.45, 7) is 4.37. The zero-order valence-corrected chi connectivity index (χ0v) is 41.9. The standard InChI is InChI=1S/C44H68N12O11S3/c1-3-34(57)31-23-68-19-11-16-35(58)50-28(14-8-9-17-47-4-2)39(63)55-32-24-69-70-25-33(43(67)53-29(40(64)54-31)20-26-12-6-5-7-13-26)56-41(65)30(21-37(60)61)51-36(59)22-49-38(62)27(52-42(32)66)15-10-18-48-44(45)46/h5-7,12-13,27-33,47H,3-4,8-11,14-25H2,1-2H3,(H,49,62)(H,50,58)(H,51,59)(H,52,66)(H,53,67)(H,54,64)(H,55,63)(H,56,65)(H,60,61)(H4,45,46,48)/t27-,28-,29-,30-,31-,32-,33-/m0/s1. The fraction of sp³-hybridized carbons (Fsp3) is 0.614. The summed E-state index contributed by atoms with van der Waals surface area (Å²) in [6, 6.07) is -0.535. The molecule has 7 atom stereocenters. The van der Waals surface area contributed by atoms with E-state index in [-0.39, 0.29) is 74.1 Å². The Morgan fingerprint density at radius 3 is 1.93 bits per heavy atom. The number of Topliss-reactive ketones (excluding diaryl/α,β-unsaturated/α-hetero) is 1. The highest BCUT2D eigenvalue weighted by Crippen LogP contribution is 2.24. The van der Waals surface area contributed by atoms with Gasteiger partial charge in [-0.3, -0.25) is 53.4 Å². The summed E-state index contributed by atoms with van der Waals surface area (Å²) < 4.78 is 0. The third-order valence-corrected chi connectivity index (χ3v) is 14.4. The second kappa shape index (κ2) is 32.3. The fourth-order valence-corrected chi connectivity index (χ4v) is 10.4. The normalized spacial score (nSPS) is 24.4. The third-order valence-electron chi connectivity index (χ3n) is 10.8. The van der Waals surface area contributed by atoms with Crippen molar-refractivity contribution >= 4 is 98.3 Å². The van der Waals surface area contributed by atoms with Crippen LogP contribution in [-0.4, -0.2) is 162 Å². The molecule has 70 heavy (non-hydrogen) atoms. The molecule has 2 bridgehead atoms. The Balaban J connectivity index is 2.12. The first-order chi connectivity index (χ1) is 33.5. The molecule has 8 amide bonds. The van der Waals surface area contributed by atoms with Gasteiger partial charge in [-0.1, -0.05) is 65.8 Å². The van der Waals surface area contributed by atoms with E-state index in [4.69, 9.17) is 11.1 Å². The van der Waals surface area contributed by atoms with E-state index >= 15 is 0 Å². The van der Waals surface area contributed by atoms with E-state index in [1.165, 1.54) is 11.8 Å². The van der Waals surface area contributed by atoms with Crippen LogP contribution in [-0.2, 0) is 54.4 Å². The average molecular weight is 1040 g/mol. The molecule has 26 heteroatoms. The Bertz CT molecular complexity index is 1970. The summed E-state index contributed by atoms with van der Waals surface area (Å²) in [5.41, 5.74) is 6.05. The maximum atomic E-state index is 14.3. The van der Waals surface area contributed by atoms with Gasteiger partial charge in [0.25, 0.3) is 0 Å². The van der Waals surface area contributed by atoms with Crippen molar-refractivity contribution in [2.24, 2.45) is 5.73 Å². The summed E-state index contributed by atoms with van der Waals surface area (Å²) >= 11 is 1.33. The molecule has 2 heterocycles. The topological polar surface area (TPSA) is 361 Å². The number of carboxylic acids is 1. The average Bonchev–Trinajstić information content (AvgIpc) is 3.32. The van der Waals surface area contributed by atoms with E-state index in [1.807, 2.05) is 6.92 Å². The van der Waals surface area contributed by atoms with Gasteiger partial charge in [0.2, 0.25) is 47.3 Å². The molecule has 0 spiro atoms. The number of carboxylic acid groups (broad SMARTS) is 1. The van der Waals surface area contributed by atoms with Crippen LogP contribution in [0.2, 0.25) is 0 Å². The highest BCUT2D eigenvalue weighted by Gasteiger charge is 2.35. The third kappa shape index (κ3) is 22.4. The van der Waals surface area contributed by atoms with Crippen LogP contribution in [0.4, 0.5) is 0 Å². The van der Waals surface area contributed by atoms with Crippen molar-refractivity contribution in [3.05, 3.63) is 35.9 Å². The molecule has 1 aromatic rings. The number of aliphatic carboxylic acids is 1. The van der Waals surface area contributed by atoms with Gasteiger partial charge in [-0.05, 0) is 62.9 Å². The number of benzene rings is 1. The lowest BCUT2D eigenvalue weighted by atomic mass is 10.0. The lowest BCUT2D eigenvalue weighted by Crippen LogP contribution is -2.59. The molecular weight excluding hydrogens is 969 g/mol. The first-order valence-electron chi connectivity index (χ1n) is 23.3. The number of hydrogen-bond donors (Lipinski definition) is 13. The van der Waals surface area contributed by atoms with Gasteiger partial charge in [-0.15, -0.1) is 0 Å². The minimum absolute atomic E-state index is 0.0244. The Kier molecular flexibility index (Phi) is 27.1. The number of carbonyl (C=O) groups excluding carboxylic acids is 9. The van der Waals surface area contributed by atoms with E-state index < -0.39 is 108 Å². The molecule has 3 rings (SSSR count). The zero-order valence-electron chi connectivity index (χ0n) is 39.5. The first kappa shape index (κ1) is 58.7. The minimum Gasteiger partial charge on any atom is -0.481 e. The molecule has 2 fully saturated rings. The smallest absolute Gasteiger partial charge is 0.305 e. The molecule has 2 aliphatic rings. The molecule has 1 aromatic carbocycles. The van der Waals surface area contributed by atoms with Gasteiger partial charge in [0, 0.05) is 43.1 Å². The predicted molar refractivity (Wildman–Crippen MR) is 267 cm³/mol. The van der Waals surface area contributed by atoms with E-state index in [0.717, 1.165) is 28.1 Å². The van der Waals surface area contributed by atoms with Gasteiger partial charge in [0.05, 0.1) is 19.0 Å². The van der Waals surface area contributed by atoms with Crippen LogP contribution in [0, 0.1) is 5.41 Å². The van der Waals surface area contributed by atoms with Crippen molar-refractivity contribution in [1.82, 2.24) is 53.2 Å². The van der Waals surface area contributed by atoms with Crippen LogP contribution >= 0.6 is 33.3 Å². The lowest BCUT2D eigenvalue weighted by Gasteiger charge is -2.26. The Labute approximate surface area is 419 Å². The summed E-state index contributed by atoms with van der Waals surface area (Å²) in [6.07, 6.45) is 1.08. The van der Waals surface area contributed by atoms with Crippen LogP contribution in [0.25, 0.3) is 0 Å². The van der Waals surface area contributed by atoms with Gasteiger partial charge >= 0.3 is 5.97 Å². The van der Waals surface area contributed by atoms with Crippen LogP contribution in [0.5, 0.6) is 0 Å². The van der Waals surface area contributed by atoms with E-state index in [0.29, 0.717) is 37.1 Å². The first-order valence-corrected chi connectivity index (χ1v) is 26.9. The number of unbranched alkanes of at least 4 members (excludes halogenated alkanes) is 1. The number of nitrogens with one attached hydrogen (secondary N) is 11. The lowest BCUT2D eigenvalue weighted by molar-refractivity contribution is -0.141. The summed E-state index contributed by atoms with van der Waals surface area (Å²) in [4.78, 5) is 136. The largest absolute Gasteiger partial charge is 0.481 e. The number of fused-ring (bicyclic) bond motifs is 5. The number of rotatable bonds is 16. The second-order valence-electron chi connectivity index (χ2n) is 16.5. The Morgan fingerprint density at radius 2 is 1.30 bits per heavy atom. The number of guanidine groups is 1. The van der Waals surface area contributed by atoms with Crippen LogP contribution in [0.1, 0.15) is 77.2 Å². The molecule has 2 saturated heterocycles. The van der Waals surface area contributed by atoms with Gasteiger partial charge in [0.15, 0.2) is 11.7 Å². The van der Waals surface area contributed by atoms with Crippen molar-refractivity contribution in [3.63, 3.8) is 0 Å². The molecular formula is C44H68N12O11S3. The maximum absolute atomic E-state index is 14.3. The van der Waals surface area contributed by atoms with Crippen molar-refractivity contribution in [1.29, 1.82) is 5.41 Å². The summed E-state index contributed by atoms with van der Waals surface area (Å²) in [5.74, 6) is -8.38. The molecule has 14 N–H and O–H groups in total. The van der Waals surface area contributed by atoms with Gasteiger partial charge < -0.3 is 64.0 Å². The Hall–Kier alpha value is -5.60. The molecule has 0 aromatic heterocycles. The molecule has 0 unspecified atom stereocenters. The molecule has 0 aliphatic carbocycles. The minimum atomic E-state index is -1.75. The van der Waals surface area contributed by atoms with Crippen LogP contribution in [0.15, 0.2) is 30.3 Å². The van der Waals surface area contributed by atoms with E-state index in [1.54, 1.807) is 37.3 Å². The number of amides is 8. The zero-order chi connectivity index (χ0) is 51.4. The molecule has 2 aliphatic heterocycles. The predicted octanol–water partition coefficient (Wildman–Crippen LogP) is -1.84. The number of nitrogens with two attached hydrogens (primary N) is 1. The van der Waals surface area contributed by atoms with Crippen molar-refractivity contribution in [2.45, 2.75) is 120 Å². The van der Waals surface area contributed by atoms with Crippen molar-refractivity contribution < 1.29 is 53.1 Å². The summed E-state index contributed by atoms with van der Waals surface area (Å²) in [7, 11) is 1.98. The van der Waals surface area contributed by atoms with Crippen molar-refractivity contribution in [3.8, 4) is 0 Å². The molecule has 0 radical (unpaired) electrons. The SMILES string of the molecule is CCNCCCC[C@@H]1NC(=O)CCCSC[C@@H](C(=O)CC)NC(=O)[C@H](Cc2ccccc2)NC(=O)[C@@H]2CSSC[C@H](NC1=O)C(=O)N[C@@H](CCCNC(=N)N)C(=O)NCC(=O)N[C@@H](CC(=O)O)C(=O)N2. The number of ketones is 1. The number of hydrogen-bond acceptors (Lipinski definition) is 15. The van der Waals surface area contributed by atoms with E-state index in [9.17, 15) is 53.1 Å². The van der Waals surface area contributed by atoms with Crippen LogP contribution < -0.4 is 58.9 Å². The van der Waals surface area contributed by atoms with Gasteiger partial charge in [0.1, 0.15) is 36.3 Å². The molecule has 388 valence electrons. The van der Waals surface area contributed by atoms with Crippen molar-refractivity contribution in [2.75, 3.05) is 49.2 Å². The maximum Gasteiger partial charge on any atom is 0.305 e. The summed E-state index contributed by atoms with van der Waals surface area (Å²) in [5, 5.41) is 43.9. The Morgan fingerprint density at radius 1 is 0.700 bits per heavy atom. The van der Waals surface area contributed by atoms with Gasteiger partial charge in [-0.25, -0.2) is 0 Å². The number of carbonyl (C=O) groups is 10.